The maximum absolute atomic E-state index is 12.3. The predicted molar refractivity (Wildman–Crippen MR) is 72.0 cm³/mol. The molecular formula is C11H15N4O4P. The summed E-state index contributed by atoms with van der Waals surface area (Å²) in [5.41, 5.74) is 5.99. The molecule has 0 aromatic carbocycles. The number of imidazole rings is 1. The third-order valence-electron chi connectivity index (χ3n) is 2.47. The number of hydrogen-bond acceptors (Lipinski definition) is 6. The number of esters is 1. The van der Waals surface area contributed by atoms with Gasteiger partial charge in [-0.2, -0.15) is 0 Å². The topological polar surface area (TPSA) is 109 Å². The first kappa shape index (κ1) is 14.6. The first-order chi connectivity index (χ1) is 9.49. The molecule has 0 fully saturated rings. The highest BCUT2D eigenvalue weighted by molar-refractivity contribution is 7.64. The standard InChI is InChI=1S/C11H15N4O4P/c1-3-18-10(16)8-7-15-9(20(12,17)19-4-2)5-6-13-11(15)14-8/h5-7H,3-4H2,1-2H3,(H2,12,17). The van der Waals surface area contributed by atoms with E-state index >= 15 is 0 Å². The number of aromatic nitrogens is 3. The molecule has 1 unspecified atom stereocenters. The zero-order valence-corrected chi connectivity index (χ0v) is 12.0. The molecule has 108 valence electrons. The maximum atomic E-state index is 12.3. The van der Waals surface area contributed by atoms with E-state index in [1.807, 2.05) is 0 Å². The van der Waals surface area contributed by atoms with Gasteiger partial charge in [0.25, 0.3) is 0 Å². The van der Waals surface area contributed by atoms with Gasteiger partial charge in [0.05, 0.1) is 13.2 Å². The van der Waals surface area contributed by atoms with Gasteiger partial charge in [-0.3, -0.25) is 14.5 Å². The van der Waals surface area contributed by atoms with E-state index in [9.17, 15) is 9.36 Å². The number of hydrogen-bond donors (Lipinski definition) is 1. The van der Waals surface area contributed by atoms with E-state index in [2.05, 4.69) is 9.97 Å². The van der Waals surface area contributed by atoms with Crippen molar-refractivity contribution in [3.8, 4) is 0 Å². The van der Waals surface area contributed by atoms with Crippen LogP contribution in [0.15, 0.2) is 18.5 Å². The molecule has 0 saturated heterocycles. The molecule has 2 rings (SSSR count). The molecule has 0 aliphatic carbocycles. The molecule has 2 aromatic heterocycles. The van der Waals surface area contributed by atoms with E-state index < -0.39 is 13.5 Å². The van der Waals surface area contributed by atoms with Gasteiger partial charge in [0.1, 0.15) is 5.44 Å². The van der Waals surface area contributed by atoms with Crippen molar-refractivity contribution < 1.29 is 18.6 Å². The van der Waals surface area contributed by atoms with Gasteiger partial charge in [0.15, 0.2) is 5.69 Å². The van der Waals surface area contributed by atoms with E-state index in [0.29, 0.717) is 0 Å². The van der Waals surface area contributed by atoms with Gasteiger partial charge in [0, 0.05) is 12.4 Å². The SMILES string of the molecule is CCOC(=O)c1cn2c(P(N)(=O)OCC)ccnc2n1. The normalized spacial score (nSPS) is 14.2. The third kappa shape index (κ3) is 2.72. The molecule has 9 heteroatoms. The van der Waals surface area contributed by atoms with Crippen molar-refractivity contribution in [3.05, 3.63) is 24.2 Å². The van der Waals surface area contributed by atoms with Crippen LogP contribution in [0.25, 0.3) is 5.78 Å². The molecule has 0 amide bonds. The highest BCUT2D eigenvalue weighted by Crippen LogP contribution is 2.35. The Labute approximate surface area is 115 Å². The van der Waals surface area contributed by atoms with Crippen molar-refractivity contribution in [2.24, 2.45) is 5.50 Å². The molecule has 0 radical (unpaired) electrons. The Balaban J connectivity index is 2.53. The van der Waals surface area contributed by atoms with Crippen LogP contribution in [0.4, 0.5) is 0 Å². The van der Waals surface area contributed by atoms with Crippen molar-refractivity contribution in [2.75, 3.05) is 13.2 Å². The molecule has 2 N–H and O–H groups in total. The predicted octanol–water partition coefficient (Wildman–Crippen LogP) is 0.720. The van der Waals surface area contributed by atoms with Gasteiger partial charge in [-0.1, -0.05) is 0 Å². The van der Waals surface area contributed by atoms with Gasteiger partial charge >= 0.3 is 13.5 Å². The summed E-state index contributed by atoms with van der Waals surface area (Å²) in [5, 5.41) is 0. The van der Waals surface area contributed by atoms with E-state index in [0.717, 1.165) is 0 Å². The molecule has 0 spiro atoms. The van der Waals surface area contributed by atoms with Gasteiger partial charge in [-0.05, 0) is 19.9 Å². The van der Waals surface area contributed by atoms with Crippen molar-refractivity contribution in [2.45, 2.75) is 13.8 Å². The Morgan fingerprint density at radius 2 is 2.20 bits per heavy atom. The summed E-state index contributed by atoms with van der Waals surface area (Å²) in [6.07, 6.45) is 2.79. The minimum absolute atomic E-state index is 0.0725. The summed E-state index contributed by atoms with van der Waals surface area (Å²) in [6.45, 7) is 3.83. The molecule has 0 saturated carbocycles. The maximum Gasteiger partial charge on any atom is 0.358 e. The number of nitrogens with zero attached hydrogens (tertiary/aromatic N) is 3. The third-order valence-corrected chi connectivity index (χ3v) is 4.12. The zero-order chi connectivity index (χ0) is 14.8. The highest BCUT2D eigenvalue weighted by Gasteiger charge is 2.25. The van der Waals surface area contributed by atoms with Crippen LogP contribution in [0.1, 0.15) is 24.3 Å². The molecule has 2 heterocycles. The Kier molecular flexibility index (Phi) is 4.17. The average Bonchev–Trinajstić information content (AvgIpc) is 2.82. The van der Waals surface area contributed by atoms with Crippen LogP contribution in [0.3, 0.4) is 0 Å². The number of rotatable bonds is 5. The van der Waals surface area contributed by atoms with Crippen molar-refractivity contribution in [3.63, 3.8) is 0 Å². The Bertz CT molecular complexity index is 684. The Morgan fingerprint density at radius 1 is 1.45 bits per heavy atom. The number of fused-ring (bicyclic) bond motifs is 1. The fraction of sp³-hybridized carbons (Fsp3) is 0.364. The van der Waals surface area contributed by atoms with Crippen LogP contribution in [-0.4, -0.2) is 33.6 Å². The summed E-state index contributed by atoms with van der Waals surface area (Å²) < 4.78 is 23.6. The fourth-order valence-electron chi connectivity index (χ4n) is 1.70. The molecule has 1 atom stereocenters. The first-order valence-electron chi connectivity index (χ1n) is 6.04. The average molecular weight is 298 g/mol. The highest BCUT2D eigenvalue weighted by atomic mass is 31.2. The van der Waals surface area contributed by atoms with Gasteiger partial charge in [-0.25, -0.2) is 14.8 Å². The minimum Gasteiger partial charge on any atom is -0.461 e. The van der Waals surface area contributed by atoms with Crippen LogP contribution in [0.5, 0.6) is 0 Å². The molecule has 20 heavy (non-hydrogen) atoms. The van der Waals surface area contributed by atoms with E-state index in [1.165, 1.54) is 22.9 Å². The van der Waals surface area contributed by atoms with Crippen LogP contribution in [0, 0.1) is 0 Å². The van der Waals surface area contributed by atoms with E-state index in [1.54, 1.807) is 13.8 Å². The number of ether oxygens (including phenoxy) is 1. The lowest BCUT2D eigenvalue weighted by Gasteiger charge is -2.13. The first-order valence-corrected chi connectivity index (χ1v) is 7.74. The molecule has 0 aliphatic rings. The summed E-state index contributed by atoms with van der Waals surface area (Å²) in [7, 11) is -3.49. The zero-order valence-electron chi connectivity index (χ0n) is 11.1. The van der Waals surface area contributed by atoms with Crippen molar-refractivity contribution >= 4 is 24.7 Å². The largest absolute Gasteiger partial charge is 0.461 e. The van der Waals surface area contributed by atoms with Crippen molar-refractivity contribution in [1.29, 1.82) is 0 Å². The van der Waals surface area contributed by atoms with Crippen LogP contribution < -0.4 is 10.9 Å². The lowest BCUT2D eigenvalue weighted by atomic mass is 10.5. The smallest absolute Gasteiger partial charge is 0.358 e. The number of nitrogens with two attached hydrogens (primary N) is 1. The van der Waals surface area contributed by atoms with Gasteiger partial charge in [0.2, 0.25) is 5.78 Å². The lowest BCUT2D eigenvalue weighted by Crippen LogP contribution is -2.21. The lowest BCUT2D eigenvalue weighted by molar-refractivity contribution is 0.0520. The summed E-state index contributed by atoms with van der Waals surface area (Å²) in [4.78, 5) is 19.6. The van der Waals surface area contributed by atoms with Crippen LogP contribution >= 0.6 is 7.52 Å². The second-order valence-electron chi connectivity index (χ2n) is 3.83. The molecule has 2 aromatic rings. The summed E-state index contributed by atoms with van der Waals surface area (Å²) in [6, 6.07) is 1.47. The Hall–Kier alpha value is -1.76. The molecular weight excluding hydrogens is 283 g/mol. The summed E-state index contributed by atoms with van der Waals surface area (Å²) in [5.74, 6) is -0.372. The van der Waals surface area contributed by atoms with E-state index in [-0.39, 0.29) is 30.1 Å². The van der Waals surface area contributed by atoms with Crippen molar-refractivity contribution in [1.82, 2.24) is 14.4 Å². The second-order valence-corrected chi connectivity index (χ2v) is 5.74. The van der Waals surface area contributed by atoms with Crippen LogP contribution in [0.2, 0.25) is 0 Å². The fourth-order valence-corrected chi connectivity index (χ4v) is 2.93. The summed E-state index contributed by atoms with van der Waals surface area (Å²) >= 11 is 0. The molecule has 0 bridgehead atoms. The second kappa shape index (κ2) is 5.70. The monoisotopic (exact) mass is 298 g/mol. The van der Waals surface area contributed by atoms with Crippen LogP contribution in [-0.2, 0) is 13.8 Å². The molecule has 8 nitrogen and oxygen atoms in total. The van der Waals surface area contributed by atoms with E-state index in [4.69, 9.17) is 14.8 Å². The molecule has 0 aliphatic heterocycles. The number of carbonyl (C=O) groups excluding carboxylic acids is 1. The minimum atomic E-state index is -3.49. The number of carbonyl (C=O) groups is 1. The van der Waals surface area contributed by atoms with Gasteiger partial charge in [-0.15, -0.1) is 0 Å². The quantitative estimate of drug-likeness (QED) is 0.639. The van der Waals surface area contributed by atoms with Gasteiger partial charge < -0.3 is 9.26 Å². The Morgan fingerprint density at radius 3 is 2.85 bits per heavy atom.